The van der Waals surface area contributed by atoms with Crippen molar-refractivity contribution in [1.29, 1.82) is 0 Å². The van der Waals surface area contributed by atoms with Crippen LogP contribution in [0, 0.1) is 25.5 Å². The molecule has 1 unspecified atom stereocenters. The topological polar surface area (TPSA) is 12.0 Å². The van der Waals surface area contributed by atoms with Crippen LogP contribution in [-0.4, -0.2) is 0 Å². The first-order valence-electron chi connectivity index (χ1n) is 6.21. The second kappa shape index (κ2) is 5.80. The molecule has 0 bridgehead atoms. The Labute approximate surface area is 116 Å². The van der Waals surface area contributed by atoms with Gasteiger partial charge in [0.15, 0.2) is 0 Å². The number of thiophene rings is 1. The predicted octanol–water partition coefficient (Wildman–Crippen LogP) is 4.49. The van der Waals surface area contributed by atoms with Gasteiger partial charge in [0.1, 0.15) is 11.6 Å². The third-order valence-corrected chi connectivity index (χ3v) is 4.38. The maximum Gasteiger partial charge on any atom is 0.130 e. The van der Waals surface area contributed by atoms with E-state index in [0.717, 1.165) is 6.07 Å². The van der Waals surface area contributed by atoms with Crippen molar-refractivity contribution in [3.05, 3.63) is 56.8 Å². The van der Waals surface area contributed by atoms with E-state index in [1.807, 2.05) is 6.92 Å². The molecule has 102 valence electrons. The average molecular weight is 281 g/mol. The van der Waals surface area contributed by atoms with Crippen molar-refractivity contribution in [3.63, 3.8) is 0 Å². The molecular weight excluding hydrogens is 264 g/mol. The molecule has 1 aromatic heterocycles. The maximum atomic E-state index is 13.6. The minimum atomic E-state index is -0.544. The summed E-state index contributed by atoms with van der Waals surface area (Å²) in [4.78, 5) is 2.53. The van der Waals surface area contributed by atoms with Crippen LogP contribution in [0.15, 0.2) is 24.3 Å². The molecule has 1 heterocycles. The molecule has 1 nitrogen and oxygen atoms in total. The van der Waals surface area contributed by atoms with Crippen LogP contribution in [0.2, 0.25) is 0 Å². The van der Waals surface area contributed by atoms with Gasteiger partial charge in [0.05, 0.1) is 0 Å². The standard InChI is InChI=1S/C15H17F2NS/c1-9-6-13(19-11(9)3)8-18-10(2)14-5-4-12(16)7-15(14)17/h4-7,10,18H,8H2,1-3H3. The summed E-state index contributed by atoms with van der Waals surface area (Å²) in [5.74, 6) is -1.04. The quantitative estimate of drug-likeness (QED) is 0.870. The summed E-state index contributed by atoms with van der Waals surface area (Å²) in [5.41, 5.74) is 1.77. The Kier molecular flexibility index (Phi) is 4.32. The second-order valence-corrected chi connectivity index (χ2v) is 6.06. The lowest BCUT2D eigenvalue weighted by Gasteiger charge is -2.14. The lowest BCUT2D eigenvalue weighted by atomic mass is 10.1. The van der Waals surface area contributed by atoms with Crippen molar-refractivity contribution in [1.82, 2.24) is 5.32 Å². The fraction of sp³-hybridized carbons (Fsp3) is 0.333. The van der Waals surface area contributed by atoms with Crippen LogP contribution in [0.3, 0.4) is 0 Å². The van der Waals surface area contributed by atoms with Gasteiger partial charge in [-0.1, -0.05) is 6.07 Å². The molecule has 1 aromatic carbocycles. The highest BCUT2D eigenvalue weighted by Crippen LogP contribution is 2.22. The Morgan fingerprint density at radius 2 is 1.95 bits per heavy atom. The van der Waals surface area contributed by atoms with Crippen LogP contribution in [0.4, 0.5) is 8.78 Å². The van der Waals surface area contributed by atoms with Gasteiger partial charge in [0, 0.05) is 34.0 Å². The minimum Gasteiger partial charge on any atom is -0.305 e. The fourth-order valence-electron chi connectivity index (χ4n) is 1.95. The highest BCUT2D eigenvalue weighted by molar-refractivity contribution is 7.12. The Balaban J connectivity index is 2.03. The molecule has 2 rings (SSSR count). The number of rotatable bonds is 4. The van der Waals surface area contributed by atoms with Gasteiger partial charge < -0.3 is 5.32 Å². The molecule has 19 heavy (non-hydrogen) atoms. The lowest BCUT2D eigenvalue weighted by Crippen LogP contribution is -2.18. The predicted molar refractivity (Wildman–Crippen MR) is 75.4 cm³/mol. The summed E-state index contributed by atoms with van der Waals surface area (Å²) in [6, 6.07) is 5.69. The lowest BCUT2D eigenvalue weighted by molar-refractivity contribution is 0.519. The van der Waals surface area contributed by atoms with Gasteiger partial charge in [-0.15, -0.1) is 11.3 Å². The SMILES string of the molecule is Cc1cc(CNC(C)c2ccc(F)cc2F)sc1C. The molecule has 0 spiro atoms. The van der Waals surface area contributed by atoms with Gasteiger partial charge in [0.2, 0.25) is 0 Å². The Hall–Kier alpha value is -1.26. The van der Waals surface area contributed by atoms with Crippen LogP contribution in [0.5, 0.6) is 0 Å². The smallest absolute Gasteiger partial charge is 0.130 e. The summed E-state index contributed by atoms with van der Waals surface area (Å²) in [5, 5.41) is 3.26. The van der Waals surface area contributed by atoms with Crippen molar-refractivity contribution in [2.45, 2.75) is 33.4 Å². The molecule has 0 fully saturated rings. The second-order valence-electron chi connectivity index (χ2n) is 4.72. The average Bonchev–Trinajstić information content (AvgIpc) is 2.66. The molecule has 0 saturated carbocycles. The van der Waals surface area contributed by atoms with E-state index in [-0.39, 0.29) is 6.04 Å². The van der Waals surface area contributed by atoms with E-state index in [0.29, 0.717) is 12.1 Å². The molecule has 0 amide bonds. The van der Waals surface area contributed by atoms with Gasteiger partial charge >= 0.3 is 0 Å². The number of nitrogens with one attached hydrogen (secondary N) is 1. The molecule has 0 radical (unpaired) electrons. The summed E-state index contributed by atoms with van der Waals surface area (Å²) in [6.07, 6.45) is 0. The first kappa shape index (κ1) is 14.2. The Bertz CT molecular complexity index is 558. The highest BCUT2D eigenvalue weighted by Gasteiger charge is 2.12. The molecule has 0 aliphatic rings. The van der Waals surface area contributed by atoms with Gasteiger partial charge in [-0.3, -0.25) is 0 Å². The van der Waals surface area contributed by atoms with E-state index < -0.39 is 11.6 Å². The number of aryl methyl sites for hydroxylation is 2. The van der Waals surface area contributed by atoms with Gasteiger partial charge in [-0.25, -0.2) is 8.78 Å². The van der Waals surface area contributed by atoms with Crippen LogP contribution >= 0.6 is 11.3 Å². The summed E-state index contributed by atoms with van der Waals surface area (Å²) in [7, 11) is 0. The molecule has 0 aliphatic carbocycles. The maximum absolute atomic E-state index is 13.6. The van der Waals surface area contributed by atoms with E-state index >= 15 is 0 Å². The molecule has 0 saturated heterocycles. The summed E-state index contributed by atoms with van der Waals surface area (Å²) < 4.78 is 26.5. The third kappa shape index (κ3) is 3.39. The van der Waals surface area contributed by atoms with Crippen molar-refractivity contribution in [3.8, 4) is 0 Å². The van der Waals surface area contributed by atoms with Crippen LogP contribution in [0.1, 0.15) is 33.8 Å². The molecular formula is C15H17F2NS. The minimum absolute atomic E-state index is 0.150. The summed E-state index contributed by atoms with van der Waals surface area (Å²) in [6.45, 7) is 6.74. The van der Waals surface area contributed by atoms with E-state index in [9.17, 15) is 8.78 Å². The van der Waals surface area contributed by atoms with Gasteiger partial charge in [-0.05, 0) is 38.5 Å². The van der Waals surface area contributed by atoms with Crippen molar-refractivity contribution in [2.24, 2.45) is 0 Å². The van der Waals surface area contributed by atoms with Crippen LogP contribution < -0.4 is 5.32 Å². The zero-order valence-electron chi connectivity index (χ0n) is 11.3. The van der Waals surface area contributed by atoms with E-state index in [2.05, 4.69) is 25.2 Å². The molecule has 4 heteroatoms. The zero-order chi connectivity index (χ0) is 14.0. The first-order valence-corrected chi connectivity index (χ1v) is 7.03. The molecule has 2 aromatic rings. The highest BCUT2D eigenvalue weighted by atomic mass is 32.1. The Morgan fingerprint density at radius 1 is 1.21 bits per heavy atom. The van der Waals surface area contributed by atoms with Gasteiger partial charge in [0.25, 0.3) is 0 Å². The number of hydrogen-bond donors (Lipinski definition) is 1. The van der Waals surface area contributed by atoms with Crippen LogP contribution in [-0.2, 0) is 6.54 Å². The van der Waals surface area contributed by atoms with Crippen molar-refractivity contribution in [2.75, 3.05) is 0 Å². The van der Waals surface area contributed by atoms with Crippen molar-refractivity contribution < 1.29 is 8.78 Å². The number of halogens is 2. The Morgan fingerprint density at radius 3 is 2.53 bits per heavy atom. The van der Waals surface area contributed by atoms with E-state index in [1.54, 1.807) is 11.3 Å². The molecule has 1 N–H and O–H groups in total. The third-order valence-electron chi connectivity index (χ3n) is 3.23. The number of hydrogen-bond acceptors (Lipinski definition) is 2. The zero-order valence-corrected chi connectivity index (χ0v) is 12.1. The first-order chi connectivity index (χ1) is 8.97. The number of benzene rings is 1. The van der Waals surface area contributed by atoms with Gasteiger partial charge in [-0.2, -0.15) is 0 Å². The van der Waals surface area contributed by atoms with E-state index in [1.165, 1.54) is 27.5 Å². The normalized spacial score (nSPS) is 12.7. The molecule has 0 aliphatic heterocycles. The summed E-state index contributed by atoms with van der Waals surface area (Å²) >= 11 is 1.74. The van der Waals surface area contributed by atoms with Crippen LogP contribution in [0.25, 0.3) is 0 Å². The van der Waals surface area contributed by atoms with Crippen molar-refractivity contribution >= 4 is 11.3 Å². The molecule has 1 atom stereocenters. The fourth-order valence-corrected chi connectivity index (χ4v) is 2.96. The largest absolute Gasteiger partial charge is 0.305 e. The monoisotopic (exact) mass is 281 g/mol. The van der Waals surface area contributed by atoms with E-state index in [4.69, 9.17) is 0 Å².